The number of aliphatic hydroxyl groups excluding tert-OH is 1. The summed E-state index contributed by atoms with van der Waals surface area (Å²) >= 11 is 0. The lowest BCUT2D eigenvalue weighted by atomic mass is 10.1. The van der Waals surface area contributed by atoms with Crippen molar-refractivity contribution in [1.82, 2.24) is 9.55 Å². The minimum Gasteiger partial charge on any atom is -0.388 e. The number of hydrogen-bond donors (Lipinski definition) is 2. The lowest BCUT2D eigenvalue weighted by Gasteiger charge is -2.20. The lowest BCUT2D eigenvalue weighted by Crippen LogP contribution is -2.36. The van der Waals surface area contributed by atoms with Gasteiger partial charge >= 0.3 is 5.69 Å². The predicted octanol–water partition coefficient (Wildman–Crippen LogP) is -0.491. The van der Waals surface area contributed by atoms with Crippen LogP contribution >= 0.6 is 0 Å². The van der Waals surface area contributed by atoms with Crippen LogP contribution in [0.2, 0.25) is 0 Å². The van der Waals surface area contributed by atoms with Gasteiger partial charge in [0, 0.05) is 13.3 Å². The maximum atomic E-state index is 11.7. The largest absolute Gasteiger partial charge is 0.388 e. The van der Waals surface area contributed by atoms with Crippen LogP contribution in [0.3, 0.4) is 0 Å². The highest BCUT2D eigenvalue weighted by Gasteiger charge is 2.44. The molecule has 0 amide bonds. The minimum absolute atomic E-state index is 0.149. The van der Waals surface area contributed by atoms with Crippen molar-refractivity contribution in [2.75, 3.05) is 12.8 Å². The first kappa shape index (κ1) is 13.0. The Morgan fingerprint density at radius 2 is 2.39 bits per heavy atom. The first-order valence-corrected chi connectivity index (χ1v) is 5.79. The molecule has 1 saturated heterocycles. The Kier molecular flexibility index (Phi) is 3.65. The highest BCUT2D eigenvalue weighted by atomic mass is 16.6. The first-order valence-electron chi connectivity index (χ1n) is 5.79. The van der Waals surface area contributed by atoms with Crippen LogP contribution in [-0.4, -0.2) is 40.1 Å². The van der Waals surface area contributed by atoms with Gasteiger partial charge in [-0.3, -0.25) is 4.57 Å². The van der Waals surface area contributed by atoms with Gasteiger partial charge in [-0.1, -0.05) is 6.92 Å². The molecular formula is C11H17N3O4. The number of ether oxygens (including phenoxy) is 2. The smallest absolute Gasteiger partial charge is 0.351 e. The first-order chi connectivity index (χ1) is 8.58. The van der Waals surface area contributed by atoms with Gasteiger partial charge in [-0.2, -0.15) is 4.98 Å². The Bertz CT molecular complexity index is 476. The molecule has 1 aliphatic rings. The zero-order valence-electron chi connectivity index (χ0n) is 10.3. The number of rotatable bonds is 3. The Balaban J connectivity index is 2.35. The average Bonchev–Trinajstić information content (AvgIpc) is 2.65. The molecule has 4 unspecified atom stereocenters. The van der Waals surface area contributed by atoms with E-state index in [1.807, 2.05) is 6.92 Å². The summed E-state index contributed by atoms with van der Waals surface area (Å²) < 4.78 is 12.1. The van der Waals surface area contributed by atoms with Gasteiger partial charge in [-0.25, -0.2) is 4.79 Å². The molecule has 1 aromatic heterocycles. The van der Waals surface area contributed by atoms with Crippen LogP contribution in [-0.2, 0) is 9.47 Å². The zero-order valence-corrected chi connectivity index (χ0v) is 10.3. The maximum absolute atomic E-state index is 11.7. The van der Waals surface area contributed by atoms with Gasteiger partial charge in [0.2, 0.25) is 0 Å². The molecule has 18 heavy (non-hydrogen) atoms. The van der Waals surface area contributed by atoms with Crippen molar-refractivity contribution in [3.8, 4) is 0 Å². The van der Waals surface area contributed by atoms with Crippen molar-refractivity contribution < 1.29 is 14.6 Å². The third-order valence-corrected chi connectivity index (χ3v) is 3.11. The third kappa shape index (κ3) is 2.12. The average molecular weight is 255 g/mol. The maximum Gasteiger partial charge on any atom is 0.351 e. The SMILES string of the molecule is CCC1OC(n2ccc(N)nc2=O)C(OC)C1O. The summed E-state index contributed by atoms with van der Waals surface area (Å²) in [4.78, 5) is 15.4. The second kappa shape index (κ2) is 5.05. The van der Waals surface area contributed by atoms with E-state index in [0.29, 0.717) is 6.42 Å². The summed E-state index contributed by atoms with van der Waals surface area (Å²) in [6, 6.07) is 1.50. The third-order valence-electron chi connectivity index (χ3n) is 3.11. The Morgan fingerprint density at radius 3 is 2.94 bits per heavy atom. The highest BCUT2D eigenvalue weighted by Crippen LogP contribution is 2.31. The molecule has 0 saturated carbocycles. The molecule has 0 spiro atoms. The number of nitrogen functional groups attached to an aromatic ring is 1. The Morgan fingerprint density at radius 1 is 1.67 bits per heavy atom. The number of nitrogens with zero attached hydrogens (tertiary/aromatic N) is 2. The van der Waals surface area contributed by atoms with Gasteiger partial charge in [0.1, 0.15) is 18.0 Å². The van der Waals surface area contributed by atoms with Crippen LogP contribution in [0, 0.1) is 0 Å². The number of anilines is 1. The van der Waals surface area contributed by atoms with Gasteiger partial charge in [0.15, 0.2) is 6.23 Å². The van der Waals surface area contributed by atoms with Crippen molar-refractivity contribution >= 4 is 5.82 Å². The van der Waals surface area contributed by atoms with Gasteiger partial charge in [0.05, 0.1) is 6.10 Å². The number of methoxy groups -OCH3 is 1. The molecule has 0 bridgehead atoms. The van der Waals surface area contributed by atoms with Crippen molar-refractivity contribution in [2.24, 2.45) is 0 Å². The molecule has 4 atom stereocenters. The van der Waals surface area contributed by atoms with Crippen LogP contribution in [0.5, 0.6) is 0 Å². The topological polar surface area (TPSA) is 99.6 Å². The number of aliphatic hydroxyl groups is 1. The number of aromatic nitrogens is 2. The van der Waals surface area contributed by atoms with Crippen LogP contribution in [0.25, 0.3) is 0 Å². The summed E-state index contributed by atoms with van der Waals surface area (Å²) in [5.74, 6) is 0.149. The zero-order chi connectivity index (χ0) is 13.3. The molecule has 0 aromatic carbocycles. The minimum atomic E-state index is -0.769. The van der Waals surface area contributed by atoms with E-state index in [2.05, 4.69) is 4.98 Å². The van der Waals surface area contributed by atoms with E-state index in [4.69, 9.17) is 15.2 Å². The van der Waals surface area contributed by atoms with Gasteiger partial charge in [-0.05, 0) is 12.5 Å². The fraction of sp³-hybridized carbons (Fsp3) is 0.636. The quantitative estimate of drug-likeness (QED) is 0.756. The van der Waals surface area contributed by atoms with E-state index in [-0.39, 0.29) is 11.9 Å². The van der Waals surface area contributed by atoms with E-state index in [9.17, 15) is 9.90 Å². The second-order valence-electron chi connectivity index (χ2n) is 4.21. The van der Waals surface area contributed by atoms with E-state index in [0.717, 1.165) is 0 Å². The lowest BCUT2D eigenvalue weighted by molar-refractivity contribution is -0.0541. The molecule has 2 rings (SSSR count). The molecule has 2 heterocycles. The molecule has 1 aliphatic heterocycles. The number of hydrogen-bond acceptors (Lipinski definition) is 6. The summed E-state index contributed by atoms with van der Waals surface area (Å²) in [5, 5.41) is 10.0. The van der Waals surface area contributed by atoms with E-state index >= 15 is 0 Å². The van der Waals surface area contributed by atoms with Gasteiger partial charge in [0.25, 0.3) is 0 Å². The van der Waals surface area contributed by atoms with Crippen LogP contribution in [0.15, 0.2) is 17.1 Å². The van der Waals surface area contributed by atoms with E-state index in [1.165, 1.54) is 23.9 Å². The Hall–Kier alpha value is -1.44. The molecule has 100 valence electrons. The summed E-state index contributed by atoms with van der Waals surface area (Å²) in [6.45, 7) is 1.90. The van der Waals surface area contributed by atoms with E-state index in [1.54, 1.807) is 0 Å². The predicted molar refractivity (Wildman–Crippen MR) is 63.9 cm³/mol. The fourth-order valence-corrected chi connectivity index (χ4v) is 2.15. The standard InChI is InChI=1S/C11H17N3O4/c1-3-6-8(15)9(17-2)10(18-6)14-5-4-7(12)13-11(14)16/h4-6,8-10,15H,3H2,1-2H3,(H2,12,13,16). The molecule has 7 heteroatoms. The molecule has 1 aromatic rings. The molecule has 3 N–H and O–H groups in total. The summed E-state index contributed by atoms with van der Waals surface area (Å²) in [5.41, 5.74) is 4.91. The summed E-state index contributed by atoms with van der Waals surface area (Å²) in [7, 11) is 1.47. The second-order valence-corrected chi connectivity index (χ2v) is 4.21. The fourth-order valence-electron chi connectivity index (χ4n) is 2.15. The molecule has 1 fully saturated rings. The van der Waals surface area contributed by atoms with Crippen molar-refractivity contribution in [3.05, 3.63) is 22.7 Å². The van der Waals surface area contributed by atoms with Gasteiger partial charge < -0.3 is 20.3 Å². The molecule has 0 radical (unpaired) electrons. The van der Waals surface area contributed by atoms with Gasteiger partial charge in [-0.15, -0.1) is 0 Å². The van der Waals surface area contributed by atoms with Crippen molar-refractivity contribution in [1.29, 1.82) is 0 Å². The van der Waals surface area contributed by atoms with Crippen LogP contribution in [0.1, 0.15) is 19.6 Å². The summed E-state index contributed by atoms with van der Waals surface area (Å²) in [6.07, 6.45) is -0.284. The van der Waals surface area contributed by atoms with Crippen LogP contribution in [0.4, 0.5) is 5.82 Å². The monoisotopic (exact) mass is 255 g/mol. The Labute approximate surface area is 104 Å². The van der Waals surface area contributed by atoms with Crippen molar-refractivity contribution in [2.45, 2.75) is 37.9 Å². The molecule has 7 nitrogen and oxygen atoms in total. The number of nitrogens with two attached hydrogens (primary N) is 1. The highest BCUT2D eigenvalue weighted by molar-refractivity contribution is 5.23. The molecule has 0 aliphatic carbocycles. The molecular weight excluding hydrogens is 238 g/mol. The normalized spacial score (nSPS) is 31.7. The van der Waals surface area contributed by atoms with E-state index < -0.39 is 24.1 Å². The van der Waals surface area contributed by atoms with Crippen LogP contribution < -0.4 is 11.4 Å². The van der Waals surface area contributed by atoms with Crippen molar-refractivity contribution in [3.63, 3.8) is 0 Å².